The van der Waals surface area contributed by atoms with Crippen molar-refractivity contribution in [2.24, 2.45) is 10.9 Å². The molecule has 0 aliphatic carbocycles. The van der Waals surface area contributed by atoms with Crippen molar-refractivity contribution < 1.29 is 14.3 Å². The highest BCUT2D eigenvalue weighted by Crippen LogP contribution is 2.20. The normalized spacial score (nSPS) is 12.5. The summed E-state index contributed by atoms with van der Waals surface area (Å²) in [5.74, 6) is 1.02. The predicted molar refractivity (Wildman–Crippen MR) is 91.7 cm³/mol. The second kappa shape index (κ2) is 9.71. The van der Waals surface area contributed by atoms with Gasteiger partial charge in [-0.1, -0.05) is 19.1 Å². The van der Waals surface area contributed by atoms with Crippen molar-refractivity contribution in [1.29, 1.82) is 0 Å². The first-order valence-electron chi connectivity index (χ1n) is 7.76. The number of hydrogen-bond donors (Lipinski definition) is 2. The molecule has 0 aliphatic heterocycles. The monoisotopic (exact) mass is 321 g/mol. The van der Waals surface area contributed by atoms with Gasteiger partial charge in [0.2, 0.25) is 0 Å². The van der Waals surface area contributed by atoms with Gasteiger partial charge < -0.3 is 20.1 Å². The maximum Gasteiger partial charge on any atom is 0.310 e. The smallest absolute Gasteiger partial charge is 0.310 e. The maximum absolute atomic E-state index is 11.4. The van der Waals surface area contributed by atoms with Crippen LogP contribution in [0.2, 0.25) is 0 Å². The molecule has 0 radical (unpaired) electrons. The molecule has 0 bridgehead atoms. The van der Waals surface area contributed by atoms with Gasteiger partial charge in [0.25, 0.3) is 0 Å². The third kappa shape index (κ3) is 6.18. The predicted octanol–water partition coefficient (Wildman–Crippen LogP) is 1.87. The number of guanidine groups is 1. The molecule has 1 atom stereocenters. The number of esters is 1. The van der Waals surface area contributed by atoms with Crippen LogP contribution in [0.15, 0.2) is 23.2 Å². The van der Waals surface area contributed by atoms with Crippen LogP contribution >= 0.6 is 0 Å². The van der Waals surface area contributed by atoms with Crippen LogP contribution in [0, 0.1) is 12.8 Å². The number of aliphatic imine (C=N–C) groups is 1. The van der Waals surface area contributed by atoms with Crippen LogP contribution in [0.5, 0.6) is 5.75 Å². The second-order valence-electron chi connectivity index (χ2n) is 5.28. The number of nitrogens with one attached hydrogen (secondary N) is 2. The quantitative estimate of drug-likeness (QED) is 0.456. The first-order valence-corrected chi connectivity index (χ1v) is 7.76. The van der Waals surface area contributed by atoms with Gasteiger partial charge in [-0.15, -0.1) is 0 Å². The minimum absolute atomic E-state index is 0.239. The molecule has 1 rings (SSSR count). The summed E-state index contributed by atoms with van der Waals surface area (Å²) in [6.45, 7) is 7.47. The van der Waals surface area contributed by atoms with Crippen molar-refractivity contribution in [2.75, 3.05) is 27.3 Å². The van der Waals surface area contributed by atoms with Crippen molar-refractivity contribution in [1.82, 2.24) is 10.6 Å². The molecule has 1 unspecified atom stereocenters. The lowest BCUT2D eigenvalue weighted by Crippen LogP contribution is -2.40. The van der Waals surface area contributed by atoms with Crippen molar-refractivity contribution >= 4 is 11.9 Å². The minimum atomic E-state index is -0.245. The fourth-order valence-electron chi connectivity index (χ4n) is 2.03. The molecular formula is C17H27N3O3. The van der Waals surface area contributed by atoms with Crippen LogP contribution in [-0.4, -0.2) is 39.2 Å². The molecule has 1 aromatic rings. The Morgan fingerprint density at radius 2 is 2.09 bits per heavy atom. The Kier molecular flexibility index (Phi) is 7.94. The molecule has 0 amide bonds. The van der Waals surface area contributed by atoms with Crippen molar-refractivity contribution in [2.45, 2.75) is 27.3 Å². The molecule has 0 heterocycles. The van der Waals surface area contributed by atoms with Crippen molar-refractivity contribution in [3.8, 4) is 5.75 Å². The summed E-state index contributed by atoms with van der Waals surface area (Å²) < 4.78 is 10.4. The van der Waals surface area contributed by atoms with E-state index in [1.54, 1.807) is 14.0 Å². The molecule has 128 valence electrons. The van der Waals surface area contributed by atoms with E-state index in [0.29, 0.717) is 25.7 Å². The second-order valence-corrected chi connectivity index (χ2v) is 5.28. The number of benzene rings is 1. The lowest BCUT2D eigenvalue weighted by Gasteiger charge is -2.16. The van der Waals surface area contributed by atoms with E-state index in [4.69, 9.17) is 9.47 Å². The average Bonchev–Trinajstić information content (AvgIpc) is 2.55. The fourth-order valence-corrected chi connectivity index (χ4v) is 2.03. The Bertz CT molecular complexity index is 544. The summed E-state index contributed by atoms with van der Waals surface area (Å²) in [4.78, 5) is 15.6. The maximum atomic E-state index is 11.4. The highest BCUT2D eigenvalue weighted by Gasteiger charge is 2.13. The average molecular weight is 321 g/mol. The van der Waals surface area contributed by atoms with Crippen molar-refractivity contribution in [3.63, 3.8) is 0 Å². The number of rotatable bonds is 7. The zero-order valence-electron chi connectivity index (χ0n) is 14.6. The fraction of sp³-hybridized carbons (Fsp3) is 0.529. The Morgan fingerprint density at radius 3 is 2.70 bits per heavy atom. The first-order chi connectivity index (χ1) is 11.0. The molecule has 6 nitrogen and oxygen atoms in total. The molecule has 6 heteroatoms. The zero-order valence-corrected chi connectivity index (χ0v) is 14.6. The molecule has 0 spiro atoms. The highest BCUT2D eigenvalue weighted by molar-refractivity contribution is 5.80. The highest BCUT2D eigenvalue weighted by atomic mass is 16.5. The molecule has 23 heavy (non-hydrogen) atoms. The van der Waals surface area contributed by atoms with Crippen LogP contribution in [0.25, 0.3) is 0 Å². The molecule has 0 fully saturated rings. The summed E-state index contributed by atoms with van der Waals surface area (Å²) in [7, 11) is 3.08. The first kappa shape index (κ1) is 18.8. The van der Waals surface area contributed by atoms with Gasteiger partial charge in [0.1, 0.15) is 5.75 Å². The standard InChI is InChI=1S/C17H27N3O3/c1-6-23-15-9-12(2)7-8-14(15)11-20-17(18-4)19-10-13(3)16(21)22-5/h7-9,13H,6,10-11H2,1-5H3,(H2,18,19,20). The van der Waals surface area contributed by atoms with E-state index in [1.807, 2.05) is 26.0 Å². The number of hydrogen-bond acceptors (Lipinski definition) is 4. The summed E-state index contributed by atoms with van der Waals surface area (Å²) in [5, 5.41) is 6.34. The van der Waals surface area contributed by atoms with Crippen LogP contribution in [0.4, 0.5) is 0 Å². The largest absolute Gasteiger partial charge is 0.494 e. The Labute approximate surface area is 138 Å². The third-order valence-electron chi connectivity index (χ3n) is 3.37. The number of ether oxygens (including phenoxy) is 2. The number of carbonyl (C=O) groups excluding carboxylic acids is 1. The third-order valence-corrected chi connectivity index (χ3v) is 3.37. The summed E-state index contributed by atoms with van der Waals surface area (Å²) in [5.41, 5.74) is 2.22. The zero-order chi connectivity index (χ0) is 17.2. The van der Waals surface area contributed by atoms with E-state index in [-0.39, 0.29) is 11.9 Å². The molecule has 2 N–H and O–H groups in total. The summed E-state index contributed by atoms with van der Waals surface area (Å²) in [6, 6.07) is 6.11. The Morgan fingerprint density at radius 1 is 1.35 bits per heavy atom. The van der Waals surface area contributed by atoms with Crippen LogP contribution in [0.3, 0.4) is 0 Å². The van der Waals surface area contributed by atoms with Gasteiger partial charge in [0, 0.05) is 25.7 Å². The Balaban J connectivity index is 2.60. The molecular weight excluding hydrogens is 294 g/mol. The van der Waals surface area contributed by atoms with E-state index < -0.39 is 0 Å². The molecule has 1 aromatic carbocycles. The van der Waals surface area contributed by atoms with Gasteiger partial charge >= 0.3 is 5.97 Å². The Hall–Kier alpha value is -2.24. The van der Waals surface area contributed by atoms with Crippen LogP contribution in [0.1, 0.15) is 25.0 Å². The molecule has 0 aromatic heterocycles. The SMILES string of the molecule is CCOc1cc(C)ccc1CNC(=NC)NCC(C)C(=O)OC. The van der Waals surface area contributed by atoms with Gasteiger partial charge in [0.15, 0.2) is 5.96 Å². The number of aryl methyl sites for hydroxylation is 1. The van der Waals surface area contributed by atoms with Crippen LogP contribution in [-0.2, 0) is 16.1 Å². The van der Waals surface area contributed by atoms with Gasteiger partial charge in [0.05, 0.1) is 19.6 Å². The van der Waals surface area contributed by atoms with E-state index in [1.165, 1.54) is 7.11 Å². The molecule has 0 saturated heterocycles. The summed E-state index contributed by atoms with van der Waals surface area (Å²) >= 11 is 0. The van der Waals surface area contributed by atoms with E-state index in [0.717, 1.165) is 16.9 Å². The minimum Gasteiger partial charge on any atom is -0.494 e. The van der Waals surface area contributed by atoms with Gasteiger partial charge in [-0.25, -0.2) is 0 Å². The number of carbonyl (C=O) groups is 1. The van der Waals surface area contributed by atoms with Crippen molar-refractivity contribution in [3.05, 3.63) is 29.3 Å². The topological polar surface area (TPSA) is 72.0 Å². The van der Waals surface area contributed by atoms with Gasteiger partial charge in [-0.05, 0) is 25.5 Å². The lowest BCUT2D eigenvalue weighted by atomic mass is 10.1. The van der Waals surface area contributed by atoms with E-state index in [9.17, 15) is 4.79 Å². The number of methoxy groups -OCH3 is 1. The van der Waals surface area contributed by atoms with E-state index in [2.05, 4.69) is 21.7 Å². The molecule has 0 saturated carbocycles. The van der Waals surface area contributed by atoms with Gasteiger partial charge in [-0.3, -0.25) is 9.79 Å². The van der Waals surface area contributed by atoms with E-state index >= 15 is 0 Å². The summed E-state index contributed by atoms with van der Waals surface area (Å²) in [6.07, 6.45) is 0. The van der Waals surface area contributed by atoms with Gasteiger partial charge in [-0.2, -0.15) is 0 Å². The number of nitrogens with zero attached hydrogens (tertiary/aromatic N) is 1. The van der Waals surface area contributed by atoms with Crippen LogP contribution < -0.4 is 15.4 Å². The lowest BCUT2D eigenvalue weighted by molar-refractivity contribution is -0.144. The molecule has 0 aliphatic rings.